The molecule has 0 saturated carbocycles. The van der Waals surface area contributed by atoms with E-state index >= 15 is 0 Å². The van der Waals surface area contributed by atoms with Crippen LogP contribution in [0.5, 0.6) is 0 Å². The first-order valence-corrected chi connectivity index (χ1v) is 9.34. The second-order valence-corrected chi connectivity index (χ2v) is 8.53. The Labute approximate surface area is 127 Å². The standard InChI is InChI=1S/C16H24N2O2S/c1-3-21(19,20)18-12-10-16(14-7-5-4-6-8-14)9-11-17(2)15(16)13-18/h4-8,15H,3,9-13H2,1-2H3/t15-,16-/m1/s1. The number of likely N-dealkylation sites (tertiary alicyclic amines) is 1. The van der Waals surface area contributed by atoms with Crippen LogP contribution in [-0.2, 0) is 15.4 Å². The molecule has 116 valence electrons. The predicted molar refractivity (Wildman–Crippen MR) is 84.8 cm³/mol. The molecule has 2 heterocycles. The van der Waals surface area contributed by atoms with E-state index in [0.29, 0.717) is 13.1 Å². The Balaban J connectivity index is 1.94. The van der Waals surface area contributed by atoms with Gasteiger partial charge in [0.1, 0.15) is 0 Å². The monoisotopic (exact) mass is 308 g/mol. The molecule has 0 aromatic heterocycles. The highest BCUT2D eigenvalue weighted by atomic mass is 32.2. The Morgan fingerprint density at radius 2 is 1.86 bits per heavy atom. The first-order valence-electron chi connectivity index (χ1n) is 7.73. The normalized spacial score (nSPS) is 31.2. The molecular weight excluding hydrogens is 284 g/mol. The van der Waals surface area contributed by atoms with Crippen molar-refractivity contribution >= 4 is 10.0 Å². The van der Waals surface area contributed by atoms with Gasteiger partial charge < -0.3 is 4.90 Å². The summed E-state index contributed by atoms with van der Waals surface area (Å²) in [5.41, 5.74) is 1.49. The minimum atomic E-state index is -3.09. The molecule has 0 unspecified atom stereocenters. The van der Waals surface area contributed by atoms with Crippen molar-refractivity contribution in [1.29, 1.82) is 0 Å². The fourth-order valence-corrected chi connectivity index (χ4v) is 5.12. The summed E-state index contributed by atoms with van der Waals surface area (Å²) in [5.74, 6) is 0.196. The predicted octanol–water partition coefficient (Wildman–Crippen LogP) is 1.68. The van der Waals surface area contributed by atoms with Crippen molar-refractivity contribution in [3.8, 4) is 0 Å². The average Bonchev–Trinajstić information content (AvgIpc) is 2.86. The van der Waals surface area contributed by atoms with Crippen LogP contribution < -0.4 is 0 Å². The lowest BCUT2D eigenvalue weighted by atomic mass is 9.70. The molecule has 1 aromatic rings. The third-order valence-electron chi connectivity index (χ3n) is 5.37. The van der Waals surface area contributed by atoms with Gasteiger partial charge in [-0.3, -0.25) is 0 Å². The molecule has 1 aromatic carbocycles. The molecule has 2 aliphatic heterocycles. The lowest BCUT2D eigenvalue weighted by Crippen LogP contribution is -2.56. The number of rotatable bonds is 3. The molecule has 2 atom stereocenters. The van der Waals surface area contributed by atoms with Crippen molar-refractivity contribution in [2.24, 2.45) is 0 Å². The van der Waals surface area contributed by atoms with Crippen LogP contribution in [0.15, 0.2) is 30.3 Å². The van der Waals surface area contributed by atoms with Crippen molar-refractivity contribution in [3.63, 3.8) is 0 Å². The van der Waals surface area contributed by atoms with E-state index in [1.807, 2.05) is 6.07 Å². The maximum atomic E-state index is 12.2. The van der Waals surface area contributed by atoms with E-state index in [1.54, 1.807) is 11.2 Å². The number of likely N-dealkylation sites (N-methyl/N-ethyl adjacent to an activating group) is 1. The van der Waals surface area contributed by atoms with Gasteiger partial charge in [-0.2, -0.15) is 0 Å². The fraction of sp³-hybridized carbons (Fsp3) is 0.625. The molecule has 5 heteroatoms. The molecule has 0 aliphatic carbocycles. The van der Waals surface area contributed by atoms with Gasteiger partial charge >= 0.3 is 0 Å². The van der Waals surface area contributed by atoms with Gasteiger partial charge in [0.05, 0.1) is 5.75 Å². The van der Waals surface area contributed by atoms with Crippen molar-refractivity contribution in [3.05, 3.63) is 35.9 Å². The molecule has 2 aliphatic rings. The van der Waals surface area contributed by atoms with E-state index in [4.69, 9.17) is 0 Å². The molecule has 0 radical (unpaired) electrons. The number of benzene rings is 1. The zero-order valence-electron chi connectivity index (χ0n) is 12.8. The number of nitrogens with zero attached hydrogens (tertiary/aromatic N) is 2. The second kappa shape index (κ2) is 5.38. The maximum Gasteiger partial charge on any atom is 0.213 e. The third kappa shape index (κ3) is 2.41. The highest BCUT2D eigenvalue weighted by molar-refractivity contribution is 7.89. The summed E-state index contributed by atoms with van der Waals surface area (Å²) in [6, 6.07) is 10.9. The highest BCUT2D eigenvalue weighted by Crippen LogP contribution is 2.45. The molecule has 2 saturated heterocycles. The summed E-state index contributed by atoms with van der Waals surface area (Å²) < 4.78 is 26.1. The van der Waals surface area contributed by atoms with Crippen LogP contribution in [-0.4, -0.2) is 56.1 Å². The lowest BCUT2D eigenvalue weighted by Gasteiger charge is -2.45. The largest absolute Gasteiger partial charge is 0.301 e. The summed E-state index contributed by atoms with van der Waals surface area (Å²) >= 11 is 0. The lowest BCUT2D eigenvalue weighted by molar-refractivity contribution is 0.147. The Morgan fingerprint density at radius 1 is 1.19 bits per heavy atom. The van der Waals surface area contributed by atoms with Crippen LogP contribution in [0.4, 0.5) is 0 Å². The van der Waals surface area contributed by atoms with Crippen LogP contribution in [0.3, 0.4) is 0 Å². The van der Waals surface area contributed by atoms with E-state index in [2.05, 4.69) is 36.2 Å². The summed E-state index contributed by atoms with van der Waals surface area (Å²) in [4.78, 5) is 2.34. The Morgan fingerprint density at radius 3 is 2.52 bits per heavy atom. The van der Waals surface area contributed by atoms with Crippen LogP contribution in [0.2, 0.25) is 0 Å². The first kappa shape index (κ1) is 15.0. The minimum Gasteiger partial charge on any atom is -0.301 e. The number of hydrogen-bond donors (Lipinski definition) is 0. The number of hydrogen-bond acceptors (Lipinski definition) is 3. The zero-order chi connectivity index (χ0) is 15.1. The van der Waals surface area contributed by atoms with Crippen molar-refractivity contribution in [2.75, 3.05) is 32.4 Å². The van der Waals surface area contributed by atoms with E-state index in [-0.39, 0.29) is 17.2 Å². The first-order chi connectivity index (χ1) is 9.99. The van der Waals surface area contributed by atoms with Crippen LogP contribution >= 0.6 is 0 Å². The number of sulfonamides is 1. The molecular formula is C16H24N2O2S. The van der Waals surface area contributed by atoms with E-state index in [1.165, 1.54) is 5.56 Å². The topological polar surface area (TPSA) is 40.6 Å². The quantitative estimate of drug-likeness (QED) is 0.853. The summed E-state index contributed by atoms with van der Waals surface area (Å²) in [6.07, 6.45) is 2.05. The van der Waals surface area contributed by atoms with Gasteiger partial charge in [-0.1, -0.05) is 30.3 Å². The van der Waals surface area contributed by atoms with Crippen LogP contribution in [0.25, 0.3) is 0 Å². The van der Waals surface area contributed by atoms with Gasteiger partial charge in [-0.05, 0) is 38.9 Å². The minimum absolute atomic E-state index is 0.121. The van der Waals surface area contributed by atoms with Crippen molar-refractivity contribution in [2.45, 2.75) is 31.2 Å². The van der Waals surface area contributed by atoms with E-state index in [0.717, 1.165) is 19.4 Å². The Kier molecular flexibility index (Phi) is 3.84. The van der Waals surface area contributed by atoms with Gasteiger partial charge in [0.25, 0.3) is 0 Å². The number of piperidine rings is 1. The molecule has 0 amide bonds. The summed E-state index contributed by atoms with van der Waals surface area (Å²) in [7, 11) is -0.963. The molecule has 3 rings (SSSR count). The summed E-state index contributed by atoms with van der Waals surface area (Å²) in [5, 5.41) is 0. The van der Waals surface area contributed by atoms with E-state index in [9.17, 15) is 8.42 Å². The molecule has 0 bridgehead atoms. The van der Waals surface area contributed by atoms with Crippen LogP contribution in [0.1, 0.15) is 25.3 Å². The molecule has 0 N–H and O–H groups in total. The fourth-order valence-electron chi connectivity index (χ4n) is 4.02. The van der Waals surface area contributed by atoms with Gasteiger partial charge in [0, 0.05) is 24.5 Å². The smallest absolute Gasteiger partial charge is 0.213 e. The Hall–Kier alpha value is -0.910. The zero-order valence-corrected chi connectivity index (χ0v) is 13.6. The van der Waals surface area contributed by atoms with Crippen molar-refractivity contribution < 1.29 is 8.42 Å². The van der Waals surface area contributed by atoms with Gasteiger partial charge in [0.15, 0.2) is 0 Å². The van der Waals surface area contributed by atoms with Gasteiger partial charge in [-0.15, -0.1) is 0 Å². The summed E-state index contributed by atoms with van der Waals surface area (Å²) in [6.45, 7) is 4.04. The molecule has 0 spiro atoms. The second-order valence-electron chi connectivity index (χ2n) is 6.28. The average molecular weight is 308 g/mol. The molecule has 2 fully saturated rings. The van der Waals surface area contributed by atoms with Gasteiger partial charge in [-0.25, -0.2) is 12.7 Å². The molecule has 21 heavy (non-hydrogen) atoms. The molecule has 4 nitrogen and oxygen atoms in total. The number of fused-ring (bicyclic) bond motifs is 1. The Bertz CT molecular complexity index is 602. The maximum absolute atomic E-state index is 12.2. The van der Waals surface area contributed by atoms with Crippen LogP contribution in [0, 0.1) is 0 Å². The highest BCUT2D eigenvalue weighted by Gasteiger charge is 2.51. The van der Waals surface area contributed by atoms with E-state index < -0.39 is 10.0 Å². The van der Waals surface area contributed by atoms with Crippen molar-refractivity contribution in [1.82, 2.24) is 9.21 Å². The van der Waals surface area contributed by atoms with Gasteiger partial charge in [0.2, 0.25) is 10.0 Å². The SMILES string of the molecule is CCS(=O)(=O)N1CC[C@@]2(c3ccccc3)CCN(C)[C@@H]2C1. The third-order valence-corrected chi connectivity index (χ3v) is 7.22.